The molecule has 1 N–H and O–H groups in total. The van der Waals surface area contributed by atoms with Crippen LogP contribution in [-0.4, -0.2) is 45.3 Å². The molecule has 1 spiro atoms. The minimum absolute atomic E-state index is 0.570. The summed E-state index contributed by atoms with van der Waals surface area (Å²) in [6.45, 7) is 5.91. The molecule has 6 nitrogen and oxygen atoms in total. The molecule has 1 aromatic heterocycles. The van der Waals surface area contributed by atoms with Gasteiger partial charge in [0.1, 0.15) is 18.7 Å². The molecule has 2 heterocycles. The van der Waals surface area contributed by atoms with Crippen LogP contribution < -0.4 is 5.32 Å². The van der Waals surface area contributed by atoms with Crippen molar-refractivity contribution in [2.24, 2.45) is 17.5 Å². The summed E-state index contributed by atoms with van der Waals surface area (Å²) in [4.78, 5) is 11.4. The molecule has 3 rings (SSSR count). The number of likely N-dealkylation sites (tertiary alicyclic amines) is 1. The topological polar surface area (TPSA) is 58.3 Å². The van der Waals surface area contributed by atoms with E-state index in [4.69, 9.17) is 4.99 Å². The molecule has 1 aromatic rings. The Morgan fingerprint density at radius 1 is 1.38 bits per heavy atom. The van der Waals surface area contributed by atoms with Gasteiger partial charge in [0, 0.05) is 26.7 Å². The lowest BCUT2D eigenvalue weighted by atomic mass is 9.86. The van der Waals surface area contributed by atoms with Crippen LogP contribution in [0.1, 0.15) is 44.9 Å². The zero-order valence-electron chi connectivity index (χ0n) is 13.2. The maximum atomic E-state index is 4.76. The Balaban J connectivity index is 1.68. The molecule has 1 saturated carbocycles. The van der Waals surface area contributed by atoms with Crippen molar-refractivity contribution in [3.05, 3.63) is 12.2 Å². The lowest BCUT2D eigenvalue weighted by molar-refractivity contribution is 0.309. The maximum Gasteiger partial charge on any atom is 0.194 e. The van der Waals surface area contributed by atoms with E-state index in [2.05, 4.69) is 27.2 Å². The van der Waals surface area contributed by atoms with Crippen molar-refractivity contribution in [2.75, 3.05) is 19.6 Å². The number of rotatable bonds is 3. The van der Waals surface area contributed by atoms with Gasteiger partial charge in [0.15, 0.2) is 5.96 Å². The highest BCUT2D eigenvalue weighted by molar-refractivity contribution is 5.80. The Labute approximate surface area is 126 Å². The summed E-state index contributed by atoms with van der Waals surface area (Å²) in [7, 11) is 1.91. The molecule has 0 aromatic carbocycles. The molecule has 1 aliphatic heterocycles. The third-order valence-electron chi connectivity index (χ3n) is 4.91. The zero-order chi connectivity index (χ0) is 14.7. The minimum atomic E-state index is 0.570. The number of hydrogen-bond acceptors (Lipinski definition) is 3. The Morgan fingerprint density at radius 3 is 2.86 bits per heavy atom. The Kier molecular flexibility index (Phi) is 4.12. The van der Waals surface area contributed by atoms with Crippen LogP contribution in [0.5, 0.6) is 0 Å². The van der Waals surface area contributed by atoms with Gasteiger partial charge in [0.05, 0.1) is 0 Å². The molecule has 0 radical (unpaired) electrons. The Hall–Kier alpha value is -1.59. The summed E-state index contributed by atoms with van der Waals surface area (Å²) in [6, 6.07) is 0. The summed E-state index contributed by atoms with van der Waals surface area (Å²) in [5.41, 5.74) is 0.570. The monoisotopic (exact) mass is 290 g/mol. The van der Waals surface area contributed by atoms with Crippen molar-refractivity contribution in [3.63, 3.8) is 0 Å². The third-order valence-corrected chi connectivity index (χ3v) is 4.91. The third kappa shape index (κ3) is 3.04. The number of guanidine groups is 1. The summed E-state index contributed by atoms with van der Waals surface area (Å²) in [6.07, 6.45) is 8.50. The van der Waals surface area contributed by atoms with Crippen LogP contribution in [0.4, 0.5) is 0 Å². The molecular formula is C15H26N6. The van der Waals surface area contributed by atoms with E-state index in [1.165, 1.54) is 32.1 Å². The number of hydrogen-bond donors (Lipinski definition) is 1. The van der Waals surface area contributed by atoms with Gasteiger partial charge in [-0.2, -0.15) is 5.10 Å². The van der Waals surface area contributed by atoms with Crippen molar-refractivity contribution >= 4 is 5.96 Å². The summed E-state index contributed by atoms with van der Waals surface area (Å²) in [5.74, 6) is 1.93. The van der Waals surface area contributed by atoms with Crippen LogP contribution in [0.2, 0.25) is 0 Å². The average Bonchev–Trinajstić information content (AvgIpc) is 3.19. The van der Waals surface area contributed by atoms with Crippen LogP contribution >= 0.6 is 0 Å². The van der Waals surface area contributed by atoms with Crippen LogP contribution in [0.3, 0.4) is 0 Å². The molecule has 0 atom stereocenters. The van der Waals surface area contributed by atoms with E-state index in [9.17, 15) is 0 Å². The molecule has 0 unspecified atom stereocenters. The van der Waals surface area contributed by atoms with E-state index in [1.807, 2.05) is 7.05 Å². The maximum absolute atomic E-state index is 4.76. The smallest absolute Gasteiger partial charge is 0.194 e. The first-order valence-electron chi connectivity index (χ1n) is 8.09. The predicted molar refractivity (Wildman–Crippen MR) is 82.9 cm³/mol. The standard InChI is InChI=1S/C15H26N6/c1-3-16-14(17-10-13-18-12-19-20(13)2)21-9-8-15(11-21)6-4-5-7-15/h12H,3-11H2,1-2H3,(H,16,17). The van der Waals surface area contributed by atoms with Crippen molar-refractivity contribution in [3.8, 4) is 0 Å². The fourth-order valence-electron chi connectivity index (χ4n) is 3.68. The number of nitrogens with zero attached hydrogens (tertiary/aromatic N) is 5. The van der Waals surface area contributed by atoms with Crippen LogP contribution in [0, 0.1) is 5.41 Å². The summed E-state index contributed by atoms with van der Waals surface area (Å²) >= 11 is 0. The first-order valence-corrected chi connectivity index (χ1v) is 8.09. The zero-order valence-corrected chi connectivity index (χ0v) is 13.2. The SMILES string of the molecule is CCNC(=NCc1ncnn1C)N1CCC2(CCCC2)C1. The second kappa shape index (κ2) is 6.03. The van der Waals surface area contributed by atoms with E-state index in [-0.39, 0.29) is 0 Å². The van der Waals surface area contributed by atoms with Gasteiger partial charge in [0.2, 0.25) is 0 Å². The van der Waals surface area contributed by atoms with E-state index in [0.29, 0.717) is 12.0 Å². The van der Waals surface area contributed by atoms with Gasteiger partial charge >= 0.3 is 0 Å². The van der Waals surface area contributed by atoms with Gasteiger partial charge in [-0.15, -0.1) is 0 Å². The Morgan fingerprint density at radius 2 is 2.19 bits per heavy atom. The van der Waals surface area contributed by atoms with Gasteiger partial charge in [-0.1, -0.05) is 12.8 Å². The molecule has 1 aliphatic carbocycles. The van der Waals surface area contributed by atoms with Crippen molar-refractivity contribution in [1.29, 1.82) is 0 Å². The van der Waals surface area contributed by atoms with E-state index < -0.39 is 0 Å². The molecule has 116 valence electrons. The normalized spacial score (nSPS) is 21.4. The van der Waals surface area contributed by atoms with Crippen LogP contribution in [-0.2, 0) is 13.6 Å². The predicted octanol–water partition coefficient (Wildman–Crippen LogP) is 1.55. The van der Waals surface area contributed by atoms with E-state index in [1.54, 1.807) is 11.0 Å². The van der Waals surface area contributed by atoms with Gasteiger partial charge in [-0.05, 0) is 31.6 Å². The number of nitrogens with one attached hydrogen (secondary N) is 1. The fourth-order valence-corrected chi connectivity index (χ4v) is 3.68. The van der Waals surface area contributed by atoms with Gasteiger partial charge in [-0.3, -0.25) is 4.68 Å². The lowest BCUT2D eigenvalue weighted by Gasteiger charge is -2.25. The molecule has 0 amide bonds. The van der Waals surface area contributed by atoms with Gasteiger partial charge in [-0.25, -0.2) is 9.98 Å². The molecule has 2 fully saturated rings. The second-order valence-electron chi connectivity index (χ2n) is 6.35. The van der Waals surface area contributed by atoms with Crippen molar-refractivity contribution in [1.82, 2.24) is 25.0 Å². The number of aryl methyl sites for hydroxylation is 1. The van der Waals surface area contributed by atoms with Crippen LogP contribution in [0.15, 0.2) is 11.3 Å². The van der Waals surface area contributed by atoms with Crippen LogP contribution in [0.25, 0.3) is 0 Å². The highest BCUT2D eigenvalue weighted by Gasteiger charge is 2.41. The first-order chi connectivity index (χ1) is 10.2. The molecule has 0 bridgehead atoms. The molecular weight excluding hydrogens is 264 g/mol. The van der Waals surface area contributed by atoms with E-state index in [0.717, 1.165) is 31.4 Å². The summed E-state index contributed by atoms with van der Waals surface area (Å²) in [5, 5.41) is 7.53. The molecule has 6 heteroatoms. The van der Waals surface area contributed by atoms with Crippen molar-refractivity contribution < 1.29 is 0 Å². The quantitative estimate of drug-likeness (QED) is 0.678. The molecule has 1 saturated heterocycles. The second-order valence-corrected chi connectivity index (χ2v) is 6.35. The highest BCUT2D eigenvalue weighted by atomic mass is 15.3. The molecule has 2 aliphatic rings. The van der Waals surface area contributed by atoms with E-state index >= 15 is 0 Å². The average molecular weight is 290 g/mol. The van der Waals surface area contributed by atoms with Gasteiger partial charge < -0.3 is 10.2 Å². The molecule has 21 heavy (non-hydrogen) atoms. The fraction of sp³-hybridized carbons (Fsp3) is 0.800. The van der Waals surface area contributed by atoms with Crippen molar-refractivity contribution in [2.45, 2.75) is 45.6 Å². The number of aliphatic imine (C=N–C) groups is 1. The minimum Gasteiger partial charge on any atom is -0.357 e. The lowest BCUT2D eigenvalue weighted by Crippen LogP contribution is -2.41. The largest absolute Gasteiger partial charge is 0.357 e. The summed E-state index contributed by atoms with van der Waals surface area (Å²) < 4.78 is 1.79. The highest BCUT2D eigenvalue weighted by Crippen LogP contribution is 2.45. The number of aromatic nitrogens is 3. The van der Waals surface area contributed by atoms with Gasteiger partial charge in [0.25, 0.3) is 0 Å². The first kappa shape index (κ1) is 14.4. The Bertz CT molecular complexity index is 500.